The monoisotopic (exact) mass is 238 g/mol. The Bertz CT molecular complexity index is 135. The lowest BCUT2D eigenvalue weighted by Crippen LogP contribution is -2.41. The molecule has 0 bridgehead atoms. The topological polar surface area (TPSA) is 18.5 Å². The second kappa shape index (κ2) is 7.06. The highest BCUT2D eigenvalue weighted by Crippen LogP contribution is 2.17. The number of hydrogen-bond acceptors (Lipinski definition) is 3. The summed E-state index contributed by atoms with van der Waals surface area (Å²) in [5.41, 5.74) is 0.406. The first-order valence-corrected chi connectivity index (χ1v) is 9.27. The van der Waals surface area contributed by atoms with Gasteiger partial charge in [-0.25, -0.2) is 0 Å². The Morgan fingerprint density at radius 3 is 2.54 bits per heavy atom. The van der Waals surface area contributed by atoms with Crippen molar-refractivity contribution in [1.29, 1.82) is 0 Å². The van der Waals surface area contributed by atoms with Crippen molar-refractivity contribution in [3.63, 3.8) is 0 Å². The van der Waals surface area contributed by atoms with Gasteiger partial charge in [0.05, 0.1) is 0 Å². The Kier molecular flexibility index (Phi) is 7.44. The van der Waals surface area contributed by atoms with Crippen LogP contribution in [0.25, 0.3) is 0 Å². The minimum Gasteiger partial charge on any atom is -0.396 e. The molecule has 0 N–H and O–H groups in total. The molecular weight excluding hydrogens is 216 g/mol. The minimum absolute atomic E-state index is 0.406. The molecule has 0 aliphatic rings. The van der Waals surface area contributed by atoms with Crippen LogP contribution in [0.5, 0.6) is 0 Å². The van der Waals surface area contributed by atoms with Gasteiger partial charge in [-0.1, -0.05) is 0 Å². The predicted molar refractivity (Wildman–Crippen MR) is 67.0 cm³/mol. The van der Waals surface area contributed by atoms with E-state index in [0.29, 0.717) is 5.73 Å². The molecule has 2 atom stereocenters. The fraction of sp³-hybridized carbons (Fsp3) is 1.00. The molecule has 0 aliphatic heterocycles. The van der Waals surface area contributed by atoms with Crippen molar-refractivity contribution in [3.05, 3.63) is 0 Å². The Labute approximate surface area is 91.5 Å². The molecule has 13 heavy (non-hydrogen) atoms. The van der Waals surface area contributed by atoms with Crippen LogP contribution in [0, 0.1) is 0 Å². The van der Waals surface area contributed by atoms with Crippen molar-refractivity contribution in [2.45, 2.75) is 38.6 Å². The Balaban J connectivity index is 3.99. The summed E-state index contributed by atoms with van der Waals surface area (Å²) in [6, 6.07) is 1.07. The maximum atomic E-state index is 5.92. The van der Waals surface area contributed by atoms with Gasteiger partial charge in [0.1, 0.15) is 0 Å². The third kappa shape index (κ3) is 6.73. The molecule has 0 aromatic carbocycles. The molecule has 80 valence electrons. The van der Waals surface area contributed by atoms with Crippen LogP contribution < -0.4 is 0 Å². The lowest BCUT2D eigenvalue weighted by Gasteiger charge is -2.28. The van der Waals surface area contributed by atoms with Crippen molar-refractivity contribution >= 4 is 31.4 Å². The van der Waals surface area contributed by atoms with Crippen molar-refractivity contribution in [2.24, 2.45) is 0 Å². The van der Waals surface area contributed by atoms with E-state index in [0.717, 1.165) is 35.1 Å². The zero-order valence-corrected chi connectivity index (χ0v) is 13.1. The van der Waals surface area contributed by atoms with Crippen LogP contribution in [0.15, 0.2) is 0 Å². The Morgan fingerprint density at radius 2 is 2.15 bits per heavy atom. The molecule has 0 saturated heterocycles. The number of thiol groups is 1. The molecule has 0 spiro atoms. The van der Waals surface area contributed by atoms with E-state index in [2.05, 4.69) is 26.1 Å². The highest BCUT2D eigenvalue weighted by Gasteiger charge is 2.31. The van der Waals surface area contributed by atoms with E-state index in [1.165, 1.54) is 0 Å². The summed E-state index contributed by atoms with van der Waals surface area (Å²) in [4.78, 5) is 0. The van der Waals surface area contributed by atoms with Crippen LogP contribution in [0.1, 0.15) is 20.3 Å². The fourth-order valence-corrected chi connectivity index (χ4v) is 6.08. The van der Waals surface area contributed by atoms with Crippen LogP contribution in [0.3, 0.4) is 0 Å². The SMILES string of the molecule is CCO[Si](C)(CCCS)OC(C)[SiH3]. The fourth-order valence-electron chi connectivity index (χ4n) is 1.37. The maximum Gasteiger partial charge on any atom is 0.334 e. The quantitative estimate of drug-likeness (QED) is 0.530. The largest absolute Gasteiger partial charge is 0.396 e. The third-order valence-electron chi connectivity index (χ3n) is 1.72. The molecule has 0 fully saturated rings. The van der Waals surface area contributed by atoms with Crippen LogP contribution >= 0.6 is 12.6 Å². The molecule has 0 aliphatic carbocycles. The molecule has 0 radical (unpaired) electrons. The molecule has 0 amide bonds. The second-order valence-electron chi connectivity index (χ2n) is 3.56. The van der Waals surface area contributed by atoms with Gasteiger partial charge in [0.25, 0.3) is 0 Å². The smallest absolute Gasteiger partial charge is 0.334 e. The second-order valence-corrected chi connectivity index (χ2v) is 8.93. The van der Waals surface area contributed by atoms with Crippen molar-refractivity contribution < 1.29 is 8.85 Å². The lowest BCUT2D eigenvalue weighted by molar-refractivity contribution is 0.171. The molecule has 0 heterocycles. The minimum atomic E-state index is -1.85. The van der Waals surface area contributed by atoms with Gasteiger partial charge < -0.3 is 8.85 Å². The third-order valence-corrected chi connectivity index (χ3v) is 5.88. The van der Waals surface area contributed by atoms with E-state index in [1.54, 1.807) is 0 Å². The average Bonchev–Trinajstić information content (AvgIpc) is 2.00. The van der Waals surface area contributed by atoms with Gasteiger partial charge in [-0.3, -0.25) is 0 Å². The molecule has 2 unspecified atom stereocenters. The van der Waals surface area contributed by atoms with Gasteiger partial charge >= 0.3 is 8.56 Å². The summed E-state index contributed by atoms with van der Waals surface area (Å²) in [5, 5.41) is 0. The van der Waals surface area contributed by atoms with Crippen LogP contribution in [0.4, 0.5) is 0 Å². The standard InChI is InChI=1S/C8H22O2SSi2/c1-4-9-13(3,7-5-6-11)10-8(2)12/h8,11H,4-7H2,1-3,12H3. The summed E-state index contributed by atoms with van der Waals surface area (Å²) >= 11 is 4.21. The van der Waals surface area contributed by atoms with Gasteiger partial charge in [-0.05, 0) is 38.6 Å². The summed E-state index contributed by atoms with van der Waals surface area (Å²) in [5.74, 6) is 0.925. The maximum absolute atomic E-state index is 5.92. The first-order chi connectivity index (χ1) is 6.04. The highest BCUT2D eigenvalue weighted by molar-refractivity contribution is 7.80. The van der Waals surface area contributed by atoms with E-state index in [4.69, 9.17) is 8.85 Å². The zero-order valence-electron chi connectivity index (χ0n) is 9.17. The van der Waals surface area contributed by atoms with E-state index in [1.807, 2.05) is 6.92 Å². The van der Waals surface area contributed by atoms with E-state index >= 15 is 0 Å². The van der Waals surface area contributed by atoms with Crippen LogP contribution in [-0.2, 0) is 8.85 Å². The molecule has 2 nitrogen and oxygen atoms in total. The summed E-state index contributed by atoms with van der Waals surface area (Å²) in [6.45, 7) is 7.09. The Hall–Kier alpha value is 0.704. The predicted octanol–water partition coefficient (Wildman–Crippen LogP) is 1.14. The molecular formula is C8H22O2SSi2. The van der Waals surface area contributed by atoms with Crippen molar-refractivity contribution in [1.82, 2.24) is 0 Å². The van der Waals surface area contributed by atoms with Gasteiger partial charge in [0.15, 0.2) is 0 Å². The van der Waals surface area contributed by atoms with E-state index < -0.39 is 8.56 Å². The summed E-state index contributed by atoms with van der Waals surface area (Å²) < 4.78 is 11.7. The van der Waals surface area contributed by atoms with Gasteiger partial charge in [0, 0.05) is 22.6 Å². The first-order valence-electron chi connectivity index (χ1n) is 4.96. The number of rotatable bonds is 7. The average molecular weight is 239 g/mol. The van der Waals surface area contributed by atoms with Crippen LogP contribution in [0.2, 0.25) is 12.6 Å². The number of hydrogen-bond donors (Lipinski definition) is 1. The normalized spacial score (nSPS) is 18.5. The van der Waals surface area contributed by atoms with Gasteiger partial charge in [-0.2, -0.15) is 12.6 Å². The first kappa shape index (κ1) is 13.7. The van der Waals surface area contributed by atoms with E-state index in [9.17, 15) is 0 Å². The van der Waals surface area contributed by atoms with Crippen molar-refractivity contribution in [3.8, 4) is 0 Å². The molecule has 0 rings (SSSR count). The Morgan fingerprint density at radius 1 is 1.54 bits per heavy atom. The molecule has 0 saturated carbocycles. The van der Waals surface area contributed by atoms with Crippen molar-refractivity contribution in [2.75, 3.05) is 12.4 Å². The van der Waals surface area contributed by atoms with Gasteiger partial charge in [0.2, 0.25) is 0 Å². The molecule has 0 aromatic heterocycles. The highest BCUT2D eigenvalue weighted by atomic mass is 32.1. The summed E-state index contributed by atoms with van der Waals surface area (Å²) in [6.07, 6.45) is 1.10. The zero-order chi connectivity index (χ0) is 10.3. The van der Waals surface area contributed by atoms with Gasteiger partial charge in [-0.15, -0.1) is 0 Å². The molecule has 5 heteroatoms. The van der Waals surface area contributed by atoms with E-state index in [-0.39, 0.29) is 0 Å². The van der Waals surface area contributed by atoms with Crippen LogP contribution in [-0.4, -0.2) is 36.9 Å². The molecule has 0 aromatic rings. The lowest BCUT2D eigenvalue weighted by atomic mass is 10.6. The summed E-state index contributed by atoms with van der Waals surface area (Å²) in [7, 11) is -0.769.